The van der Waals surface area contributed by atoms with Crippen LogP contribution >= 0.6 is 12.2 Å². The van der Waals surface area contributed by atoms with Crippen LogP contribution in [0.5, 0.6) is 0 Å². The van der Waals surface area contributed by atoms with Crippen molar-refractivity contribution in [3.05, 3.63) is 0 Å². The Bertz CT molecular complexity index is 334. The fraction of sp³-hybridized carbons (Fsp3) is 0.625. The first kappa shape index (κ1) is 16.7. The second-order valence-corrected chi connectivity index (χ2v) is 3.48. The van der Waals surface area contributed by atoms with E-state index < -0.39 is 24.1 Å². The molecule has 0 aromatic carbocycles. The van der Waals surface area contributed by atoms with Gasteiger partial charge in [-0.3, -0.25) is 10.1 Å². The molecule has 1 amide bonds. The molecular formula is C8H12B2N2O5S. The topological polar surface area (TPSA) is 88.1 Å². The highest BCUT2D eigenvalue weighted by Gasteiger charge is 2.28. The van der Waals surface area contributed by atoms with Crippen molar-refractivity contribution in [3.63, 3.8) is 0 Å². The van der Waals surface area contributed by atoms with Crippen molar-refractivity contribution in [2.24, 2.45) is 0 Å². The zero-order valence-corrected chi connectivity index (χ0v) is 10.8. The Hall–Kier alpha value is -1.28. The smallest absolute Gasteiger partial charge is 0.413 e. The van der Waals surface area contributed by atoms with Gasteiger partial charge < -0.3 is 19.5 Å². The number of hydrogen-bond donors (Lipinski definition) is 2. The van der Waals surface area contributed by atoms with Crippen LogP contribution in [0.1, 0.15) is 6.92 Å². The van der Waals surface area contributed by atoms with E-state index in [4.69, 9.17) is 27.9 Å². The molecule has 0 saturated carbocycles. The molecule has 0 bridgehead atoms. The molecule has 0 spiro atoms. The molecule has 0 fully saturated rings. The minimum atomic E-state index is -2.43. The van der Waals surface area contributed by atoms with Crippen LogP contribution in [0.4, 0.5) is 4.79 Å². The molecule has 4 radical (unpaired) electrons. The van der Waals surface area contributed by atoms with Crippen LogP contribution in [0.2, 0.25) is 0 Å². The van der Waals surface area contributed by atoms with Gasteiger partial charge in [0, 0.05) is 0 Å². The molecule has 0 aliphatic rings. The van der Waals surface area contributed by atoms with E-state index in [1.807, 2.05) is 0 Å². The van der Waals surface area contributed by atoms with Gasteiger partial charge in [0.05, 0.1) is 19.2 Å². The van der Waals surface area contributed by atoms with Crippen LogP contribution in [0.25, 0.3) is 0 Å². The van der Waals surface area contributed by atoms with E-state index in [0.29, 0.717) is 4.90 Å². The quantitative estimate of drug-likeness (QED) is 0.276. The molecule has 0 heterocycles. The van der Waals surface area contributed by atoms with E-state index >= 15 is 0 Å². The first-order valence-corrected chi connectivity index (χ1v) is 5.25. The predicted octanol–water partition coefficient (Wildman–Crippen LogP) is -1.57. The third kappa shape index (κ3) is 5.87. The SMILES string of the molecule is [B]C([B])(O)N(CC(=O)OC)C(=S)NC(=O)OCC. The number of amides is 1. The van der Waals surface area contributed by atoms with Crippen molar-refractivity contribution in [3.8, 4) is 0 Å². The van der Waals surface area contributed by atoms with Crippen LogP contribution in [-0.2, 0) is 14.3 Å². The Morgan fingerprint density at radius 1 is 1.50 bits per heavy atom. The van der Waals surface area contributed by atoms with E-state index in [9.17, 15) is 14.7 Å². The number of nitrogens with zero attached hydrogens (tertiary/aromatic N) is 1. The number of rotatable bonds is 4. The largest absolute Gasteiger partial charge is 0.468 e. The number of alkyl carbamates (subject to hydrolysis) is 1. The Morgan fingerprint density at radius 3 is 2.44 bits per heavy atom. The molecule has 0 rings (SSSR count). The number of hydrogen-bond acceptors (Lipinski definition) is 6. The molecule has 2 N–H and O–H groups in total. The Kier molecular flexibility index (Phi) is 6.71. The fourth-order valence-electron chi connectivity index (χ4n) is 0.877. The van der Waals surface area contributed by atoms with Crippen LogP contribution in [0.3, 0.4) is 0 Å². The van der Waals surface area contributed by atoms with E-state index in [2.05, 4.69) is 14.8 Å². The summed E-state index contributed by atoms with van der Waals surface area (Å²) in [6.45, 7) is 1.18. The van der Waals surface area contributed by atoms with Crippen molar-refractivity contribution < 1.29 is 24.2 Å². The molecule has 0 atom stereocenters. The van der Waals surface area contributed by atoms with E-state index in [1.54, 1.807) is 6.92 Å². The summed E-state index contributed by atoms with van der Waals surface area (Å²) >= 11 is 4.77. The molecular weight excluding hydrogens is 258 g/mol. The monoisotopic (exact) mass is 270 g/mol. The Morgan fingerprint density at radius 2 is 2.06 bits per heavy atom. The average molecular weight is 270 g/mol. The van der Waals surface area contributed by atoms with E-state index in [1.165, 1.54) is 0 Å². The van der Waals surface area contributed by atoms with Gasteiger partial charge in [-0.15, -0.1) is 0 Å². The number of carbonyl (C=O) groups is 2. The highest BCUT2D eigenvalue weighted by atomic mass is 32.1. The molecule has 7 nitrogen and oxygen atoms in total. The summed E-state index contributed by atoms with van der Waals surface area (Å²) in [6, 6.07) is 0. The number of nitrogens with one attached hydrogen (secondary N) is 1. The predicted molar refractivity (Wildman–Crippen MR) is 67.9 cm³/mol. The molecule has 10 heteroatoms. The number of thiocarbonyl (C=S) groups is 1. The Balaban J connectivity index is 4.71. The van der Waals surface area contributed by atoms with Crippen molar-refractivity contribution >= 4 is 45.1 Å². The van der Waals surface area contributed by atoms with Crippen LogP contribution in [0.15, 0.2) is 0 Å². The van der Waals surface area contributed by atoms with Crippen LogP contribution < -0.4 is 5.32 Å². The Labute approximate surface area is 113 Å². The maximum absolute atomic E-state index is 11.1. The summed E-state index contributed by atoms with van der Waals surface area (Å²) in [5, 5.41) is 11.1. The summed E-state index contributed by atoms with van der Waals surface area (Å²) < 4.78 is 8.94. The van der Waals surface area contributed by atoms with Crippen LogP contribution in [0, 0.1) is 0 Å². The summed E-state index contributed by atoms with van der Waals surface area (Å²) in [7, 11) is 11.5. The van der Waals surface area contributed by atoms with Gasteiger partial charge in [0.15, 0.2) is 5.11 Å². The second-order valence-electron chi connectivity index (χ2n) is 3.10. The maximum Gasteiger partial charge on any atom is 0.413 e. The first-order chi connectivity index (χ1) is 8.22. The highest BCUT2D eigenvalue weighted by Crippen LogP contribution is 2.04. The molecule has 0 unspecified atom stereocenters. The molecule has 0 aliphatic heterocycles. The van der Waals surface area contributed by atoms with E-state index in [-0.39, 0.29) is 11.7 Å². The van der Waals surface area contributed by atoms with Crippen LogP contribution in [-0.4, -0.2) is 68.7 Å². The van der Waals surface area contributed by atoms with Gasteiger partial charge in [0.25, 0.3) is 0 Å². The summed E-state index contributed by atoms with van der Waals surface area (Å²) in [4.78, 5) is 22.9. The molecule has 0 saturated heterocycles. The lowest BCUT2D eigenvalue weighted by atomic mass is 9.72. The van der Waals surface area contributed by atoms with Gasteiger partial charge in [-0.05, 0) is 19.1 Å². The third-order valence-corrected chi connectivity index (χ3v) is 2.00. The number of aliphatic hydroxyl groups is 1. The van der Waals surface area contributed by atoms with Crippen molar-refractivity contribution in [2.75, 3.05) is 20.3 Å². The zero-order chi connectivity index (χ0) is 14.3. The zero-order valence-electron chi connectivity index (χ0n) is 10.0. The number of methoxy groups -OCH3 is 1. The second kappa shape index (κ2) is 7.22. The summed E-state index contributed by atoms with van der Waals surface area (Å²) in [5.74, 6) is -0.752. The molecule has 0 aromatic rings. The minimum Gasteiger partial charge on any atom is -0.468 e. The van der Waals surface area contributed by atoms with Gasteiger partial charge in [0.1, 0.15) is 22.2 Å². The first-order valence-electron chi connectivity index (χ1n) is 4.84. The summed E-state index contributed by atoms with van der Waals surface area (Å²) in [5.41, 5.74) is -2.43. The van der Waals surface area contributed by atoms with Gasteiger partial charge >= 0.3 is 12.1 Å². The average Bonchev–Trinajstić information content (AvgIpc) is 2.23. The van der Waals surface area contributed by atoms with Gasteiger partial charge in [0.2, 0.25) is 0 Å². The minimum absolute atomic E-state index is 0.126. The molecule has 0 aromatic heterocycles. The lowest BCUT2D eigenvalue weighted by Gasteiger charge is -2.36. The standard InChI is InChI=1S/C8H12B2N2O5S/c1-3-17-7(14)11-6(18)12(8(9,10)15)4-5(13)16-2/h15H,3-4H2,1-2H3,(H,11,14,18). The normalized spacial score (nSPS) is 10.4. The van der Waals surface area contributed by atoms with E-state index in [0.717, 1.165) is 7.11 Å². The van der Waals surface area contributed by atoms with Crippen molar-refractivity contribution in [2.45, 2.75) is 12.4 Å². The van der Waals surface area contributed by atoms with Crippen molar-refractivity contribution in [1.29, 1.82) is 0 Å². The van der Waals surface area contributed by atoms with Crippen molar-refractivity contribution in [1.82, 2.24) is 10.2 Å². The third-order valence-electron chi connectivity index (χ3n) is 1.68. The summed E-state index contributed by atoms with van der Waals surface area (Å²) in [6.07, 6.45) is -0.860. The van der Waals surface area contributed by atoms with Gasteiger partial charge in [-0.1, -0.05) is 0 Å². The molecule has 18 heavy (non-hydrogen) atoms. The highest BCUT2D eigenvalue weighted by molar-refractivity contribution is 7.80. The lowest BCUT2D eigenvalue weighted by molar-refractivity contribution is -0.142. The fourth-order valence-corrected chi connectivity index (χ4v) is 1.17. The maximum atomic E-state index is 11.1. The molecule has 96 valence electrons. The lowest BCUT2D eigenvalue weighted by Crippen LogP contribution is -2.58. The molecule has 0 aliphatic carbocycles. The van der Waals surface area contributed by atoms with Gasteiger partial charge in [-0.25, -0.2) is 4.79 Å². The number of esters is 1. The van der Waals surface area contributed by atoms with Gasteiger partial charge in [-0.2, -0.15) is 0 Å². The number of ether oxygens (including phenoxy) is 2. The number of carbonyl (C=O) groups excluding carboxylic acids is 2.